The Morgan fingerprint density at radius 1 is 1.12 bits per heavy atom. The predicted octanol–water partition coefficient (Wildman–Crippen LogP) is 4.33. The fourth-order valence-corrected chi connectivity index (χ4v) is 2.86. The highest BCUT2D eigenvalue weighted by molar-refractivity contribution is 5.41. The number of fused-ring (bicyclic) bond motifs is 1. The van der Waals surface area contributed by atoms with Crippen LogP contribution in [0.2, 0.25) is 0 Å². The molecule has 0 heteroatoms. The van der Waals surface area contributed by atoms with Crippen molar-refractivity contribution in [2.75, 3.05) is 0 Å². The van der Waals surface area contributed by atoms with E-state index in [2.05, 4.69) is 32.9 Å². The average molecular weight is 216 g/mol. The maximum Gasteiger partial charge on any atom is -0.0253 e. The number of benzene rings is 1. The highest BCUT2D eigenvalue weighted by atomic mass is 14.2. The van der Waals surface area contributed by atoms with Crippen LogP contribution in [0.4, 0.5) is 0 Å². The lowest BCUT2D eigenvalue weighted by molar-refractivity contribution is 0.624. The van der Waals surface area contributed by atoms with Crippen molar-refractivity contribution in [2.45, 2.75) is 59.3 Å². The summed E-state index contributed by atoms with van der Waals surface area (Å²) in [6.07, 6.45) is 7.86. The average Bonchev–Trinajstić information content (AvgIpc) is 2.28. The van der Waals surface area contributed by atoms with E-state index in [9.17, 15) is 0 Å². The van der Waals surface area contributed by atoms with Gasteiger partial charge in [0, 0.05) is 0 Å². The van der Waals surface area contributed by atoms with Crippen molar-refractivity contribution >= 4 is 0 Å². The summed E-state index contributed by atoms with van der Waals surface area (Å²) in [4.78, 5) is 0. The van der Waals surface area contributed by atoms with E-state index in [1.807, 2.05) is 0 Å². The maximum absolute atomic E-state index is 2.46. The second kappa shape index (κ2) is 5.03. The number of rotatable bonds is 3. The van der Waals surface area contributed by atoms with E-state index in [0.717, 1.165) is 5.92 Å². The van der Waals surface area contributed by atoms with Crippen LogP contribution in [0, 0.1) is 5.92 Å². The fourth-order valence-electron chi connectivity index (χ4n) is 2.86. The molecule has 88 valence electrons. The number of hydrogen-bond donors (Lipinski definition) is 0. The molecule has 0 N–H and O–H groups in total. The summed E-state index contributed by atoms with van der Waals surface area (Å²) in [5.41, 5.74) is 6.53. The van der Waals surface area contributed by atoms with Gasteiger partial charge in [-0.1, -0.05) is 32.9 Å². The third kappa shape index (κ3) is 2.48. The summed E-state index contributed by atoms with van der Waals surface area (Å²) < 4.78 is 0. The Morgan fingerprint density at radius 3 is 2.56 bits per heavy atom. The van der Waals surface area contributed by atoms with Gasteiger partial charge in [-0.3, -0.25) is 0 Å². The topological polar surface area (TPSA) is 0 Å². The van der Waals surface area contributed by atoms with Crippen molar-refractivity contribution in [2.24, 2.45) is 5.92 Å². The molecule has 0 amide bonds. The molecule has 16 heavy (non-hydrogen) atoms. The largest absolute Gasteiger partial charge is 0.0625 e. The van der Waals surface area contributed by atoms with Crippen LogP contribution in [-0.2, 0) is 25.7 Å². The van der Waals surface area contributed by atoms with E-state index >= 15 is 0 Å². The van der Waals surface area contributed by atoms with E-state index in [4.69, 9.17) is 0 Å². The van der Waals surface area contributed by atoms with Crippen LogP contribution in [0.5, 0.6) is 0 Å². The Bertz CT molecular complexity index is 361. The molecule has 0 saturated heterocycles. The lowest BCUT2D eigenvalue weighted by Gasteiger charge is -2.22. The van der Waals surface area contributed by atoms with Crippen LogP contribution in [-0.4, -0.2) is 0 Å². The highest BCUT2D eigenvalue weighted by Crippen LogP contribution is 2.28. The van der Waals surface area contributed by atoms with Crippen molar-refractivity contribution in [1.29, 1.82) is 0 Å². The molecule has 0 spiro atoms. The van der Waals surface area contributed by atoms with Crippen molar-refractivity contribution in [3.8, 4) is 0 Å². The van der Waals surface area contributed by atoms with Crippen LogP contribution >= 0.6 is 0 Å². The molecule has 0 atom stereocenters. The summed E-state index contributed by atoms with van der Waals surface area (Å²) >= 11 is 0. The fraction of sp³-hybridized carbons (Fsp3) is 0.625. The molecule has 0 aliphatic heterocycles. The van der Waals surface area contributed by atoms with Crippen LogP contribution in [0.25, 0.3) is 0 Å². The van der Waals surface area contributed by atoms with E-state index < -0.39 is 0 Å². The quantitative estimate of drug-likeness (QED) is 0.705. The molecule has 2 rings (SSSR count). The van der Waals surface area contributed by atoms with Gasteiger partial charge < -0.3 is 0 Å². The molecule has 0 unspecified atom stereocenters. The van der Waals surface area contributed by atoms with Crippen molar-refractivity contribution in [3.05, 3.63) is 34.4 Å². The normalized spacial score (nSPS) is 15.2. The first-order chi connectivity index (χ1) is 7.70. The molecule has 0 bridgehead atoms. The molecule has 0 saturated carbocycles. The Kier molecular flexibility index (Phi) is 3.68. The monoisotopic (exact) mass is 216 g/mol. The predicted molar refractivity (Wildman–Crippen MR) is 71.0 cm³/mol. The summed E-state index contributed by atoms with van der Waals surface area (Å²) in [6, 6.07) is 4.92. The highest BCUT2D eigenvalue weighted by Gasteiger charge is 2.14. The Balaban J connectivity index is 2.39. The molecular weight excluding hydrogens is 192 g/mol. The molecule has 1 aliphatic rings. The zero-order valence-corrected chi connectivity index (χ0v) is 11.0. The summed E-state index contributed by atoms with van der Waals surface area (Å²) in [7, 11) is 0. The van der Waals surface area contributed by atoms with Gasteiger partial charge in [-0.05, 0) is 66.7 Å². The first-order valence-electron chi connectivity index (χ1n) is 6.84. The molecule has 0 aromatic heterocycles. The van der Waals surface area contributed by atoms with E-state index in [1.54, 1.807) is 16.7 Å². The number of hydrogen-bond acceptors (Lipinski definition) is 0. The van der Waals surface area contributed by atoms with Gasteiger partial charge in [-0.15, -0.1) is 0 Å². The standard InChI is InChI=1S/C16H24/c1-4-13-10-14-7-5-6-8-16(14)15(11-13)9-12(2)3/h10-12H,4-9H2,1-3H3. The molecular formula is C16H24. The van der Waals surface area contributed by atoms with Crippen molar-refractivity contribution < 1.29 is 0 Å². The summed E-state index contributed by atoms with van der Waals surface area (Å²) in [5, 5.41) is 0. The third-order valence-electron chi connectivity index (χ3n) is 3.65. The van der Waals surface area contributed by atoms with E-state index in [-0.39, 0.29) is 0 Å². The van der Waals surface area contributed by atoms with Gasteiger partial charge in [0.25, 0.3) is 0 Å². The minimum absolute atomic E-state index is 0.776. The van der Waals surface area contributed by atoms with Crippen LogP contribution in [0.1, 0.15) is 55.9 Å². The van der Waals surface area contributed by atoms with Gasteiger partial charge >= 0.3 is 0 Å². The summed E-state index contributed by atoms with van der Waals surface area (Å²) in [6.45, 7) is 6.92. The molecule has 0 nitrogen and oxygen atoms in total. The van der Waals surface area contributed by atoms with Gasteiger partial charge in [-0.25, -0.2) is 0 Å². The van der Waals surface area contributed by atoms with Gasteiger partial charge in [-0.2, -0.15) is 0 Å². The van der Waals surface area contributed by atoms with Crippen LogP contribution < -0.4 is 0 Å². The number of aryl methyl sites for hydroxylation is 2. The summed E-state index contributed by atoms with van der Waals surface area (Å²) in [5.74, 6) is 0.776. The Labute approximate surface area is 100 Å². The Hall–Kier alpha value is -0.780. The zero-order valence-electron chi connectivity index (χ0n) is 11.0. The SMILES string of the molecule is CCc1cc2c(c(CC(C)C)c1)CCCC2. The zero-order chi connectivity index (χ0) is 11.5. The lowest BCUT2D eigenvalue weighted by Crippen LogP contribution is -2.09. The minimum atomic E-state index is 0.776. The second-order valence-electron chi connectivity index (χ2n) is 5.55. The molecule has 0 fully saturated rings. The van der Waals surface area contributed by atoms with Gasteiger partial charge in [0.15, 0.2) is 0 Å². The second-order valence-corrected chi connectivity index (χ2v) is 5.55. The first-order valence-corrected chi connectivity index (χ1v) is 6.84. The molecule has 0 heterocycles. The van der Waals surface area contributed by atoms with Gasteiger partial charge in [0.05, 0.1) is 0 Å². The van der Waals surface area contributed by atoms with E-state index in [1.165, 1.54) is 44.1 Å². The molecule has 1 aliphatic carbocycles. The maximum atomic E-state index is 2.46. The van der Waals surface area contributed by atoms with Crippen molar-refractivity contribution in [3.63, 3.8) is 0 Å². The molecule has 1 aromatic carbocycles. The van der Waals surface area contributed by atoms with Crippen molar-refractivity contribution in [1.82, 2.24) is 0 Å². The smallest absolute Gasteiger partial charge is 0.0253 e. The van der Waals surface area contributed by atoms with Crippen LogP contribution in [0.15, 0.2) is 12.1 Å². The third-order valence-corrected chi connectivity index (χ3v) is 3.65. The Morgan fingerprint density at radius 2 is 1.88 bits per heavy atom. The lowest BCUT2D eigenvalue weighted by atomic mass is 9.84. The van der Waals surface area contributed by atoms with E-state index in [0.29, 0.717) is 0 Å². The molecule has 1 aromatic rings. The van der Waals surface area contributed by atoms with Gasteiger partial charge in [0.1, 0.15) is 0 Å². The van der Waals surface area contributed by atoms with Gasteiger partial charge in [0.2, 0.25) is 0 Å². The minimum Gasteiger partial charge on any atom is -0.0625 e. The molecule has 0 radical (unpaired) electrons. The first kappa shape index (κ1) is 11.7. The van der Waals surface area contributed by atoms with Crippen LogP contribution in [0.3, 0.4) is 0 Å².